The highest BCUT2D eigenvalue weighted by molar-refractivity contribution is 7.18. The number of piperidine rings is 1. The predicted octanol–water partition coefficient (Wildman–Crippen LogP) is 1.31. The van der Waals surface area contributed by atoms with Crippen molar-refractivity contribution >= 4 is 28.2 Å². The van der Waals surface area contributed by atoms with E-state index in [0.29, 0.717) is 17.2 Å². The Hall–Kier alpha value is -1.34. The number of nitrogens with two attached hydrogens (primary N) is 1. The first-order valence-electron chi connectivity index (χ1n) is 7.64. The second-order valence-electron chi connectivity index (χ2n) is 5.71. The summed E-state index contributed by atoms with van der Waals surface area (Å²) < 4.78 is 0. The van der Waals surface area contributed by atoms with E-state index >= 15 is 0 Å². The van der Waals surface area contributed by atoms with Crippen molar-refractivity contribution in [3.8, 4) is 0 Å². The highest BCUT2D eigenvalue weighted by Gasteiger charge is 2.34. The molecule has 2 aliphatic rings. The molecule has 1 aromatic heterocycles. The number of thiazole rings is 1. The molecule has 1 aliphatic carbocycles. The summed E-state index contributed by atoms with van der Waals surface area (Å²) >= 11 is 1.39. The molecule has 116 valence electrons. The molecule has 0 radical (unpaired) electrons. The molecule has 6 nitrogen and oxygen atoms in total. The molecule has 1 amide bonds. The third-order valence-electron chi connectivity index (χ3n) is 4.05. The molecule has 1 aromatic rings. The maximum atomic E-state index is 12.6. The van der Waals surface area contributed by atoms with Gasteiger partial charge in [-0.3, -0.25) is 4.79 Å². The second kappa shape index (κ2) is 6.19. The summed E-state index contributed by atoms with van der Waals surface area (Å²) in [4.78, 5) is 21.5. The van der Waals surface area contributed by atoms with E-state index in [2.05, 4.69) is 9.88 Å². The number of hydrogen-bond donors (Lipinski definition) is 2. The van der Waals surface area contributed by atoms with E-state index < -0.39 is 0 Å². The first-order chi connectivity index (χ1) is 10.2. The quantitative estimate of drug-likeness (QED) is 0.857. The number of aliphatic hydroxyl groups excluding tert-OH is 1. The van der Waals surface area contributed by atoms with Crippen LogP contribution in [0.15, 0.2) is 0 Å². The molecule has 1 aliphatic heterocycles. The van der Waals surface area contributed by atoms with Crippen molar-refractivity contribution in [2.24, 2.45) is 0 Å². The lowest BCUT2D eigenvalue weighted by atomic mass is 10.1. The molecule has 2 fully saturated rings. The van der Waals surface area contributed by atoms with Crippen molar-refractivity contribution in [2.75, 3.05) is 36.9 Å². The molecule has 0 aromatic carbocycles. The number of nitrogen functional groups attached to an aromatic ring is 1. The van der Waals surface area contributed by atoms with Gasteiger partial charge in [0.2, 0.25) is 0 Å². The van der Waals surface area contributed by atoms with Crippen molar-refractivity contribution < 1.29 is 9.90 Å². The second-order valence-corrected chi connectivity index (χ2v) is 6.69. The summed E-state index contributed by atoms with van der Waals surface area (Å²) in [6, 6.07) is 0.268. The third-order valence-corrected chi connectivity index (χ3v) is 5.17. The molecule has 0 bridgehead atoms. The van der Waals surface area contributed by atoms with E-state index in [-0.39, 0.29) is 18.6 Å². The number of rotatable bonds is 5. The Morgan fingerprint density at radius 1 is 1.38 bits per heavy atom. The molecule has 7 heteroatoms. The molecule has 0 atom stereocenters. The van der Waals surface area contributed by atoms with Gasteiger partial charge in [-0.2, -0.15) is 0 Å². The van der Waals surface area contributed by atoms with E-state index in [1.165, 1.54) is 30.6 Å². The van der Waals surface area contributed by atoms with Gasteiger partial charge in [-0.15, -0.1) is 0 Å². The lowest BCUT2D eigenvalue weighted by Crippen LogP contribution is -2.35. The molecular weight excluding hydrogens is 288 g/mol. The van der Waals surface area contributed by atoms with Crippen LogP contribution in [0.5, 0.6) is 0 Å². The standard InChI is InChI=1S/C14H22N4O2S/c15-12-11(13(20)18(8-9-19)10-4-5-10)21-14(16-12)17-6-2-1-3-7-17/h10,19H,1-9,15H2. The monoisotopic (exact) mass is 310 g/mol. The minimum Gasteiger partial charge on any atom is -0.395 e. The van der Waals surface area contributed by atoms with Crippen LogP contribution in [-0.2, 0) is 0 Å². The van der Waals surface area contributed by atoms with E-state index in [9.17, 15) is 4.79 Å². The minimum atomic E-state index is -0.0789. The van der Waals surface area contributed by atoms with E-state index in [4.69, 9.17) is 10.8 Å². The number of aromatic nitrogens is 1. The Balaban J connectivity index is 1.77. The number of hydrogen-bond acceptors (Lipinski definition) is 6. The zero-order chi connectivity index (χ0) is 14.8. The molecule has 0 unspecified atom stereocenters. The van der Waals surface area contributed by atoms with Crippen molar-refractivity contribution in [1.82, 2.24) is 9.88 Å². The van der Waals surface area contributed by atoms with Gasteiger partial charge in [-0.1, -0.05) is 11.3 Å². The average molecular weight is 310 g/mol. The molecule has 3 rings (SSSR count). The van der Waals surface area contributed by atoms with Gasteiger partial charge in [-0.05, 0) is 32.1 Å². The molecule has 0 spiro atoms. The summed E-state index contributed by atoms with van der Waals surface area (Å²) in [7, 11) is 0. The first-order valence-corrected chi connectivity index (χ1v) is 8.45. The van der Waals surface area contributed by atoms with E-state index in [1.807, 2.05) is 0 Å². The fourth-order valence-electron chi connectivity index (χ4n) is 2.77. The number of carbonyl (C=O) groups is 1. The van der Waals surface area contributed by atoms with Crippen LogP contribution in [0.4, 0.5) is 10.9 Å². The van der Waals surface area contributed by atoms with Crippen LogP contribution in [0, 0.1) is 0 Å². The Labute approximate surface area is 128 Å². The van der Waals surface area contributed by atoms with Crippen LogP contribution in [0.2, 0.25) is 0 Å². The normalized spacial score (nSPS) is 18.8. The van der Waals surface area contributed by atoms with Crippen molar-refractivity contribution in [3.05, 3.63) is 4.88 Å². The average Bonchev–Trinajstić information content (AvgIpc) is 3.27. The van der Waals surface area contributed by atoms with Crippen LogP contribution >= 0.6 is 11.3 Å². The Morgan fingerprint density at radius 2 is 2.10 bits per heavy atom. The van der Waals surface area contributed by atoms with Gasteiger partial charge in [0, 0.05) is 25.7 Å². The summed E-state index contributed by atoms with van der Waals surface area (Å²) in [5.74, 6) is 0.249. The summed E-state index contributed by atoms with van der Waals surface area (Å²) in [5, 5.41) is 10.00. The van der Waals surface area contributed by atoms with Crippen molar-refractivity contribution in [1.29, 1.82) is 0 Å². The smallest absolute Gasteiger partial charge is 0.268 e. The predicted molar refractivity (Wildman–Crippen MR) is 83.7 cm³/mol. The number of nitrogens with zero attached hydrogens (tertiary/aromatic N) is 3. The zero-order valence-corrected chi connectivity index (χ0v) is 12.9. The molecular formula is C14H22N4O2S. The van der Waals surface area contributed by atoms with Crippen LogP contribution in [-0.4, -0.2) is 53.2 Å². The SMILES string of the molecule is Nc1nc(N2CCCCC2)sc1C(=O)N(CCO)C1CC1. The van der Waals surface area contributed by atoms with Gasteiger partial charge in [0.1, 0.15) is 10.7 Å². The molecule has 21 heavy (non-hydrogen) atoms. The lowest BCUT2D eigenvalue weighted by Gasteiger charge is -2.25. The fourth-order valence-corrected chi connectivity index (χ4v) is 3.76. The number of amides is 1. The summed E-state index contributed by atoms with van der Waals surface area (Å²) in [5.41, 5.74) is 5.97. The third kappa shape index (κ3) is 3.13. The first kappa shape index (κ1) is 14.6. The topological polar surface area (TPSA) is 82.7 Å². The highest BCUT2D eigenvalue weighted by atomic mass is 32.1. The summed E-state index contributed by atoms with van der Waals surface area (Å²) in [6.07, 6.45) is 5.63. The maximum absolute atomic E-state index is 12.6. The van der Waals surface area contributed by atoms with Crippen LogP contribution < -0.4 is 10.6 Å². The van der Waals surface area contributed by atoms with Gasteiger partial charge >= 0.3 is 0 Å². The largest absolute Gasteiger partial charge is 0.395 e. The van der Waals surface area contributed by atoms with Crippen molar-refractivity contribution in [2.45, 2.75) is 38.1 Å². The molecule has 2 heterocycles. The Morgan fingerprint density at radius 3 is 2.71 bits per heavy atom. The molecule has 3 N–H and O–H groups in total. The van der Waals surface area contributed by atoms with Gasteiger partial charge in [0.15, 0.2) is 5.13 Å². The van der Waals surface area contributed by atoms with E-state index in [1.54, 1.807) is 4.90 Å². The Kier molecular flexibility index (Phi) is 4.30. The summed E-state index contributed by atoms with van der Waals surface area (Å²) in [6.45, 7) is 2.34. The number of aliphatic hydroxyl groups is 1. The van der Waals surface area contributed by atoms with Crippen LogP contribution in [0.1, 0.15) is 41.8 Å². The van der Waals surface area contributed by atoms with Gasteiger partial charge < -0.3 is 20.6 Å². The van der Waals surface area contributed by atoms with Gasteiger partial charge in [0.25, 0.3) is 5.91 Å². The maximum Gasteiger partial charge on any atom is 0.268 e. The van der Waals surface area contributed by atoms with E-state index in [0.717, 1.165) is 31.1 Å². The number of carbonyl (C=O) groups excluding carboxylic acids is 1. The Bertz CT molecular complexity index is 509. The fraction of sp³-hybridized carbons (Fsp3) is 0.714. The van der Waals surface area contributed by atoms with Gasteiger partial charge in [0.05, 0.1) is 6.61 Å². The van der Waals surface area contributed by atoms with Crippen LogP contribution in [0.25, 0.3) is 0 Å². The van der Waals surface area contributed by atoms with Crippen molar-refractivity contribution in [3.63, 3.8) is 0 Å². The van der Waals surface area contributed by atoms with Gasteiger partial charge in [-0.25, -0.2) is 4.98 Å². The highest BCUT2D eigenvalue weighted by Crippen LogP contribution is 2.34. The zero-order valence-electron chi connectivity index (χ0n) is 12.1. The number of anilines is 2. The molecule has 1 saturated carbocycles. The lowest BCUT2D eigenvalue weighted by molar-refractivity contribution is 0.0713. The molecule has 1 saturated heterocycles. The van der Waals surface area contributed by atoms with Crippen LogP contribution in [0.3, 0.4) is 0 Å². The minimum absolute atomic E-state index is 0.0140.